The van der Waals surface area contributed by atoms with Gasteiger partial charge in [-0.05, 0) is 37.1 Å². The van der Waals surface area contributed by atoms with Gasteiger partial charge in [-0.25, -0.2) is 17.6 Å². The van der Waals surface area contributed by atoms with Crippen LogP contribution in [0.2, 0.25) is 0 Å². The molecular formula is C14H16FNO4S. The minimum absolute atomic E-state index is 0.0176. The van der Waals surface area contributed by atoms with Gasteiger partial charge in [0, 0.05) is 17.3 Å². The Bertz CT molecular complexity index is 664. The summed E-state index contributed by atoms with van der Waals surface area (Å²) in [7, 11) is -3.49. The molecule has 5 nitrogen and oxygen atoms in total. The number of carboxylic acid groups (broad SMARTS) is 1. The Labute approximate surface area is 122 Å². The molecule has 0 spiro atoms. The zero-order valence-electron chi connectivity index (χ0n) is 11.3. The Kier molecular flexibility index (Phi) is 4.62. The molecule has 1 aliphatic rings. The molecule has 0 aliphatic heterocycles. The van der Waals surface area contributed by atoms with Crippen molar-refractivity contribution in [3.63, 3.8) is 0 Å². The van der Waals surface area contributed by atoms with E-state index < -0.39 is 27.1 Å². The summed E-state index contributed by atoms with van der Waals surface area (Å²) < 4.78 is 40.3. The van der Waals surface area contributed by atoms with Gasteiger partial charge in [-0.2, -0.15) is 0 Å². The van der Waals surface area contributed by atoms with Gasteiger partial charge in [-0.1, -0.05) is 12.8 Å². The number of anilines is 1. The van der Waals surface area contributed by atoms with Crippen molar-refractivity contribution in [3.05, 3.63) is 35.7 Å². The fourth-order valence-corrected chi connectivity index (χ4v) is 3.92. The van der Waals surface area contributed by atoms with E-state index >= 15 is 0 Å². The van der Waals surface area contributed by atoms with Crippen LogP contribution in [0.15, 0.2) is 24.3 Å². The molecule has 1 aliphatic carbocycles. The average molecular weight is 313 g/mol. The van der Waals surface area contributed by atoms with Gasteiger partial charge in [-0.15, -0.1) is 0 Å². The van der Waals surface area contributed by atoms with Crippen LogP contribution < -0.4 is 4.72 Å². The fraction of sp³-hybridized carbons (Fsp3) is 0.357. The van der Waals surface area contributed by atoms with Gasteiger partial charge in [0.15, 0.2) is 0 Å². The van der Waals surface area contributed by atoms with Gasteiger partial charge >= 0.3 is 5.97 Å². The fourth-order valence-electron chi connectivity index (χ4n) is 2.34. The molecule has 0 unspecified atom stereocenters. The highest BCUT2D eigenvalue weighted by Gasteiger charge is 2.28. The molecule has 1 aromatic carbocycles. The summed E-state index contributed by atoms with van der Waals surface area (Å²) in [6.07, 6.45) is 4.92. The molecule has 21 heavy (non-hydrogen) atoms. The van der Waals surface area contributed by atoms with Crippen molar-refractivity contribution in [3.8, 4) is 0 Å². The number of carboxylic acids is 1. The van der Waals surface area contributed by atoms with Crippen LogP contribution >= 0.6 is 0 Å². The van der Waals surface area contributed by atoms with Crippen LogP contribution in [0, 0.1) is 5.82 Å². The number of carbonyl (C=O) groups is 1. The highest BCUT2D eigenvalue weighted by molar-refractivity contribution is 7.93. The number of nitrogens with one attached hydrogen (secondary N) is 1. The lowest BCUT2D eigenvalue weighted by molar-refractivity contribution is -0.131. The Balaban J connectivity index is 2.21. The second kappa shape index (κ2) is 6.26. The minimum Gasteiger partial charge on any atom is -0.478 e. The Hall–Kier alpha value is -1.89. The summed E-state index contributed by atoms with van der Waals surface area (Å²) >= 11 is 0. The van der Waals surface area contributed by atoms with Crippen molar-refractivity contribution in [2.24, 2.45) is 0 Å². The molecule has 1 aromatic rings. The lowest BCUT2D eigenvalue weighted by Crippen LogP contribution is -2.25. The average Bonchev–Trinajstić information content (AvgIpc) is 2.93. The molecule has 114 valence electrons. The first kappa shape index (κ1) is 15.5. The van der Waals surface area contributed by atoms with Crippen molar-refractivity contribution >= 4 is 27.8 Å². The van der Waals surface area contributed by atoms with Crippen molar-refractivity contribution in [1.82, 2.24) is 0 Å². The number of hydrogen-bond donors (Lipinski definition) is 2. The van der Waals surface area contributed by atoms with Crippen molar-refractivity contribution in [1.29, 1.82) is 0 Å². The second-order valence-corrected chi connectivity index (χ2v) is 6.92. The summed E-state index contributed by atoms with van der Waals surface area (Å²) in [5.74, 6) is -1.82. The molecule has 0 amide bonds. The van der Waals surface area contributed by atoms with Crippen molar-refractivity contribution in [2.75, 3.05) is 4.72 Å². The SMILES string of the molecule is O=C(O)/C=C/c1cc(NS(=O)(=O)C2CCCC2)ccc1F. The summed E-state index contributed by atoms with van der Waals surface area (Å²) in [5.41, 5.74) is 0.248. The van der Waals surface area contributed by atoms with Gasteiger partial charge in [-0.3, -0.25) is 4.72 Å². The van der Waals surface area contributed by atoms with Crippen LogP contribution in [0.25, 0.3) is 6.08 Å². The summed E-state index contributed by atoms with van der Waals surface area (Å²) in [5, 5.41) is 8.13. The third-order valence-electron chi connectivity index (χ3n) is 3.40. The summed E-state index contributed by atoms with van der Waals surface area (Å²) in [6, 6.07) is 3.70. The van der Waals surface area contributed by atoms with E-state index in [0.717, 1.165) is 31.1 Å². The molecule has 0 atom stereocenters. The third kappa shape index (κ3) is 4.04. The van der Waals surface area contributed by atoms with Crippen LogP contribution in [0.4, 0.5) is 10.1 Å². The van der Waals surface area contributed by atoms with E-state index in [2.05, 4.69) is 4.72 Å². The smallest absolute Gasteiger partial charge is 0.328 e. The molecule has 1 saturated carbocycles. The largest absolute Gasteiger partial charge is 0.478 e. The van der Waals surface area contributed by atoms with Crippen LogP contribution in [0.3, 0.4) is 0 Å². The number of aliphatic carboxylic acids is 1. The number of sulfonamides is 1. The van der Waals surface area contributed by atoms with Crippen LogP contribution in [0.1, 0.15) is 31.2 Å². The van der Waals surface area contributed by atoms with E-state index in [9.17, 15) is 17.6 Å². The summed E-state index contributed by atoms with van der Waals surface area (Å²) in [4.78, 5) is 10.5. The Morgan fingerprint density at radius 1 is 1.33 bits per heavy atom. The Morgan fingerprint density at radius 3 is 2.62 bits per heavy atom. The van der Waals surface area contributed by atoms with Gasteiger partial charge in [0.2, 0.25) is 10.0 Å². The monoisotopic (exact) mass is 313 g/mol. The molecular weight excluding hydrogens is 297 g/mol. The van der Waals surface area contributed by atoms with Gasteiger partial charge < -0.3 is 5.11 Å². The standard InChI is InChI=1S/C14H16FNO4S/c15-13-7-6-11(9-10(13)5-8-14(17)18)16-21(19,20)12-3-1-2-4-12/h5-9,12,16H,1-4H2,(H,17,18)/b8-5+. The molecule has 0 aromatic heterocycles. The molecule has 2 N–H and O–H groups in total. The molecule has 2 rings (SSSR count). The topological polar surface area (TPSA) is 83.5 Å². The zero-order chi connectivity index (χ0) is 15.5. The highest BCUT2D eigenvalue weighted by Crippen LogP contribution is 2.26. The predicted octanol–water partition coefficient (Wildman–Crippen LogP) is 2.61. The normalized spacial score (nSPS) is 16.4. The molecule has 0 saturated heterocycles. The summed E-state index contributed by atoms with van der Waals surface area (Å²) in [6.45, 7) is 0. The van der Waals surface area contributed by atoms with E-state index in [0.29, 0.717) is 12.8 Å². The van der Waals surface area contributed by atoms with Gasteiger partial charge in [0.1, 0.15) is 5.82 Å². The maximum absolute atomic E-state index is 13.5. The minimum atomic E-state index is -3.49. The first-order valence-electron chi connectivity index (χ1n) is 6.61. The van der Waals surface area contributed by atoms with Crippen molar-refractivity contribution in [2.45, 2.75) is 30.9 Å². The van der Waals surface area contributed by atoms with E-state index in [4.69, 9.17) is 5.11 Å². The highest BCUT2D eigenvalue weighted by atomic mass is 32.2. The lowest BCUT2D eigenvalue weighted by Gasteiger charge is -2.13. The zero-order valence-corrected chi connectivity index (χ0v) is 12.1. The first-order chi connectivity index (χ1) is 9.88. The molecule has 0 bridgehead atoms. The molecule has 0 heterocycles. The van der Waals surface area contributed by atoms with Crippen LogP contribution in [-0.2, 0) is 14.8 Å². The predicted molar refractivity (Wildman–Crippen MR) is 77.9 cm³/mol. The van der Waals surface area contributed by atoms with Crippen LogP contribution in [0.5, 0.6) is 0 Å². The lowest BCUT2D eigenvalue weighted by atomic mass is 10.2. The number of halogens is 1. The second-order valence-electron chi connectivity index (χ2n) is 4.96. The number of rotatable bonds is 5. The molecule has 1 fully saturated rings. The number of benzene rings is 1. The first-order valence-corrected chi connectivity index (χ1v) is 8.15. The van der Waals surface area contributed by atoms with E-state index in [1.54, 1.807) is 0 Å². The van der Waals surface area contributed by atoms with Gasteiger partial charge in [0.25, 0.3) is 0 Å². The third-order valence-corrected chi connectivity index (χ3v) is 5.27. The Morgan fingerprint density at radius 2 is 2.00 bits per heavy atom. The van der Waals surface area contributed by atoms with Gasteiger partial charge in [0.05, 0.1) is 5.25 Å². The van der Waals surface area contributed by atoms with E-state index in [1.165, 1.54) is 12.1 Å². The van der Waals surface area contributed by atoms with Crippen molar-refractivity contribution < 1.29 is 22.7 Å². The maximum atomic E-state index is 13.5. The molecule has 7 heteroatoms. The molecule has 0 radical (unpaired) electrons. The maximum Gasteiger partial charge on any atom is 0.328 e. The number of hydrogen-bond acceptors (Lipinski definition) is 3. The van der Waals surface area contributed by atoms with E-state index in [-0.39, 0.29) is 11.3 Å². The van der Waals surface area contributed by atoms with E-state index in [1.807, 2.05) is 0 Å². The van der Waals surface area contributed by atoms with Crippen LogP contribution in [-0.4, -0.2) is 24.7 Å². The quantitative estimate of drug-likeness (QED) is 0.819.